The van der Waals surface area contributed by atoms with E-state index < -0.39 is 72.3 Å². The lowest BCUT2D eigenvalue weighted by Crippen LogP contribution is -2.61. The lowest BCUT2D eigenvalue weighted by Gasteiger charge is -2.29. The van der Waals surface area contributed by atoms with Crippen molar-refractivity contribution in [3.05, 3.63) is 35.9 Å². The first kappa shape index (κ1) is 39.0. The predicted molar refractivity (Wildman–Crippen MR) is 169 cm³/mol. The Hall–Kier alpha value is -4.04. The van der Waals surface area contributed by atoms with Crippen LogP contribution in [0.2, 0.25) is 0 Å². The fourth-order valence-corrected chi connectivity index (χ4v) is 4.53. The molecular weight excluding hydrogens is 582 g/mol. The molecule has 0 unspecified atom stereocenters. The number of rotatable bonds is 20. The van der Waals surface area contributed by atoms with Crippen LogP contribution in [0.5, 0.6) is 0 Å². The van der Waals surface area contributed by atoms with Crippen molar-refractivity contribution in [1.29, 1.82) is 0 Å². The summed E-state index contributed by atoms with van der Waals surface area (Å²) in [6.45, 7) is 6.44. The van der Waals surface area contributed by atoms with Gasteiger partial charge in [0.2, 0.25) is 35.4 Å². The van der Waals surface area contributed by atoms with E-state index >= 15 is 0 Å². The number of aliphatic hydroxyl groups is 1. The Labute approximate surface area is 265 Å². The molecule has 0 heterocycles. The summed E-state index contributed by atoms with van der Waals surface area (Å²) in [7, 11) is 3.07. The molecule has 252 valence electrons. The molecule has 0 saturated carbocycles. The summed E-state index contributed by atoms with van der Waals surface area (Å²) in [4.78, 5) is 76.9. The first-order valence-corrected chi connectivity index (χ1v) is 15.4. The Kier molecular flexibility index (Phi) is 17.4. The molecule has 6 amide bonds. The Balaban J connectivity index is 3.09. The molecule has 0 bridgehead atoms. The number of benzene rings is 1. The van der Waals surface area contributed by atoms with Crippen molar-refractivity contribution in [1.82, 2.24) is 31.9 Å². The van der Waals surface area contributed by atoms with E-state index in [1.165, 1.54) is 7.05 Å². The lowest BCUT2D eigenvalue weighted by molar-refractivity contribution is -0.136. The molecule has 1 aromatic rings. The smallest absolute Gasteiger partial charge is 0.245 e. The van der Waals surface area contributed by atoms with Gasteiger partial charge in [-0.1, -0.05) is 70.9 Å². The molecule has 0 spiro atoms. The quantitative estimate of drug-likeness (QED) is 0.0874. The van der Waals surface area contributed by atoms with E-state index in [0.29, 0.717) is 19.3 Å². The maximum absolute atomic E-state index is 13.4. The van der Waals surface area contributed by atoms with Gasteiger partial charge in [0.05, 0.1) is 12.6 Å². The molecule has 9 N–H and O–H groups in total. The summed E-state index contributed by atoms with van der Waals surface area (Å²) in [5.74, 6) is -4.46. The molecule has 14 nitrogen and oxygen atoms in total. The second-order valence-electron chi connectivity index (χ2n) is 11.2. The van der Waals surface area contributed by atoms with Crippen LogP contribution < -0.4 is 37.6 Å². The number of amides is 6. The molecule has 0 aromatic heterocycles. The number of carbonyl (C=O) groups excluding carboxylic acids is 6. The first-order valence-electron chi connectivity index (χ1n) is 15.4. The van der Waals surface area contributed by atoms with Crippen LogP contribution in [0.1, 0.15) is 58.9 Å². The lowest BCUT2D eigenvalue weighted by atomic mass is 9.96. The van der Waals surface area contributed by atoms with Gasteiger partial charge >= 0.3 is 0 Å². The van der Waals surface area contributed by atoms with Crippen molar-refractivity contribution in [3.63, 3.8) is 0 Å². The highest BCUT2D eigenvalue weighted by Crippen LogP contribution is 2.12. The van der Waals surface area contributed by atoms with E-state index in [-0.39, 0.29) is 24.7 Å². The largest absolute Gasteiger partial charge is 0.394 e. The van der Waals surface area contributed by atoms with Crippen molar-refractivity contribution < 1.29 is 33.9 Å². The molecule has 0 saturated heterocycles. The molecule has 1 aromatic carbocycles. The van der Waals surface area contributed by atoms with E-state index in [4.69, 9.17) is 5.73 Å². The highest BCUT2D eigenvalue weighted by Gasteiger charge is 2.34. The molecule has 0 radical (unpaired) electrons. The van der Waals surface area contributed by atoms with E-state index in [1.54, 1.807) is 20.9 Å². The zero-order valence-corrected chi connectivity index (χ0v) is 27.1. The Morgan fingerprint density at radius 1 is 0.711 bits per heavy atom. The fourth-order valence-electron chi connectivity index (χ4n) is 4.53. The second-order valence-corrected chi connectivity index (χ2v) is 11.2. The minimum absolute atomic E-state index is 0.182. The maximum atomic E-state index is 13.4. The molecule has 45 heavy (non-hydrogen) atoms. The number of hydrogen-bond acceptors (Lipinski definition) is 8. The zero-order valence-electron chi connectivity index (χ0n) is 27.1. The van der Waals surface area contributed by atoms with Crippen LogP contribution in [0.3, 0.4) is 0 Å². The van der Waals surface area contributed by atoms with Crippen molar-refractivity contribution in [3.8, 4) is 0 Å². The number of hydrogen-bond donors (Lipinski definition) is 8. The summed E-state index contributed by atoms with van der Waals surface area (Å²) in [5, 5.41) is 25.8. The summed E-state index contributed by atoms with van der Waals surface area (Å²) in [5.41, 5.74) is 6.19. The SMILES string of the molecule is CC[C@H](C)[C@H](NC(=O)[C@@H](Cc1ccccc1)NC)C(=O)N[C@@H](CO)C(=O)N[C@H](CCC(N)=O)C(=O)N[C@@H](C(=O)NC)[C@@H](C)CC. The fraction of sp³-hybridized carbons (Fsp3) is 0.613. The van der Waals surface area contributed by atoms with Gasteiger partial charge in [0.1, 0.15) is 24.2 Å². The molecule has 7 atom stereocenters. The Morgan fingerprint density at radius 2 is 1.20 bits per heavy atom. The van der Waals surface area contributed by atoms with Gasteiger partial charge in [-0.15, -0.1) is 0 Å². The van der Waals surface area contributed by atoms with Crippen LogP contribution in [0.25, 0.3) is 0 Å². The van der Waals surface area contributed by atoms with Gasteiger partial charge < -0.3 is 42.7 Å². The van der Waals surface area contributed by atoms with Crippen LogP contribution in [0.15, 0.2) is 30.3 Å². The molecule has 0 aliphatic carbocycles. The molecule has 0 aliphatic rings. The second kappa shape index (κ2) is 20.1. The van der Waals surface area contributed by atoms with E-state index in [1.807, 2.05) is 44.2 Å². The summed E-state index contributed by atoms with van der Waals surface area (Å²) in [6, 6.07) is 4.02. The van der Waals surface area contributed by atoms with Gasteiger partial charge in [-0.25, -0.2) is 0 Å². The average molecular weight is 634 g/mol. The van der Waals surface area contributed by atoms with Gasteiger partial charge in [-0.2, -0.15) is 0 Å². The van der Waals surface area contributed by atoms with Gasteiger partial charge in [0.25, 0.3) is 0 Å². The highest BCUT2D eigenvalue weighted by molar-refractivity contribution is 5.96. The average Bonchev–Trinajstić information content (AvgIpc) is 3.04. The standard InChI is InChI=1S/C31H51N7O7/c1-7-18(3)25(30(44)34-6)37-27(41)21(14-15-24(32)40)35-29(43)23(17-39)36-31(45)26(19(4)8-2)38-28(42)22(33-5)16-20-12-10-9-11-13-20/h9-13,18-19,21-23,25-26,33,39H,7-8,14-17H2,1-6H3,(H2,32,40)(H,34,44)(H,35,43)(H,36,45)(H,37,41)(H,38,42)/t18-,19-,21+,22+,23-,25+,26-/m0/s1. The number of nitrogens with one attached hydrogen (secondary N) is 6. The number of likely N-dealkylation sites (N-methyl/N-ethyl adjacent to an activating group) is 2. The van der Waals surface area contributed by atoms with Gasteiger partial charge in [0, 0.05) is 13.5 Å². The summed E-state index contributed by atoms with van der Waals surface area (Å²) < 4.78 is 0. The third kappa shape index (κ3) is 12.8. The summed E-state index contributed by atoms with van der Waals surface area (Å²) in [6.07, 6.45) is 1.05. The third-order valence-corrected chi connectivity index (χ3v) is 7.91. The minimum Gasteiger partial charge on any atom is -0.394 e. The van der Waals surface area contributed by atoms with Crippen molar-refractivity contribution >= 4 is 35.4 Å². The number of carbonyl (C=O) groups is 6. The number of primary amides is 1. The van der Waals surface area contributed by atoms with Gasteiger partial charge in [-0.3, -0.25) is 28.8 Å². The Bertz CT molecular complexity index is 1130. The van der Waals surface area contributed by atoms with Crippen LogP contribution in [-0.2, 0) is 35.2 Å². The van der Waals surface area contributed by atoms with Crippen molar-refractivity contribution in [2.75, 3.05) is 20.7 Å². The van der Waals surface area contributed by atoms with Crippen molar-refractivity contribution in [2.45, 2.75) is 90.0 Å². The molecule has 14 heteroatoms. The summed E-state index contributed by atoms with van der Waals surface area (Å²) >= 11 is 0. The van der Waals surface area contributed by atoms with Crippen LogP contribution >= 0.6 is 0 Å². The molecule has 1 rings (SSSR count). The molecule has 0 fully saturated rings. The zero-order chi connectivity index (χ0) is 34.1. The minimum atomic E-state index is -1.49. The predicted octanol–water partition coefficient (Wildman–Crippen LogP) is -1.15. The monoisotopic (exact) mass is 633 g/mol. The molecule has 0 aliphatic heterocycles. The highest BCUT2D eigenvalue weighted by atomic mass is 16.3. The van der Waals surface area contributed by atoms with E-state index in [0.717, 1.165) is 5.56 Å². The van der Waals surface area contributed by atoms with Crippen molar-refractivity contribution in [2.24, 2.45) is 17.6 Å². The van der Waals surface area contributed by atoms with Crippen LogP contribution in [0, 0.1) is 11.8 Å². The molecular formula is C31H51N7O7. The third-order valence-electron chi connectivity index (χ3n) is 7.91. The Morgan fingerprint density at radius 3 is 1.67 bits per heavy atom. The van der Waals surface area contributed by atoms with Crippen LogP contribution in [0.4, 0.5) is 0 Å². The van der Waals surface area contributed by atoms with E-state index in [2.05, 4.69) is 31.9 Å². The van der Waals surface area contributed by atoms with Crippen LogP contribution in [-0.4, -0.2) is 91.5 Å². The topological polar surface area (TPSA) is 221 Å². The van der Waals surface area contributed by atoms with Gasteiger partial charge in [-0.05, 0) is 37.3 Å². The van der Waals surface area contributed by atoms with Gasteiger partial charge in [0.15, 0.2) is 0 Å². The van der Waals surface area contributed by atoms with E-state index in [9.17, 15) is 33.9 Å². The number of nitrogens with two attached hydrogens (primary N) is 1. The number of aliphatic hydroxyl groups excluding tert-OH is 1. The normalized spacial score (nSPS) is 15.6. The maximum Gasteiger partial charge on any atom is 0.245 e. The first-order chi connectivity index (χ1) is 21.3.